The Morgan fingerprint density at radius 2 is 1.79 bits per heavy atom. The summed E-state index contributed by atoms with van der Waals surface area (Å²) in [6.07, 6.45) is 3.47. The second-order valence-corrected chi connectivity index (χ2v) is 6.67. The first-order valence-electron chi connectivity index (χ1n) is 9.18. The second kappa shape index (κ2) is 7.98. The van der Waals surface area contributed by atoms with E-state index in [1.807, 2.05) is 37.3 Å². The highest BCUT2D eigenvalue weighted by Crippen LogP contribution is 2.24. The first kappa shape index (κ1) is 18.4. The maximum atomic E-state index is 13.0. The highest BCUT2D eigenvalue weighted by atomic mass is 16.4. The van der Waals surface area contributed by atoms with Gasteiger partial charge in [0.25, 0.3) is 5.91 Å². The van der Waals surface area contributed by atoms with E-state index in [0.717, 1.165) is 22.2 Å². The van der Waals surface area contributed by atoms with Gasteiger partial charge in [0.05, 0.1) is 5.56 Å². The van der Waals surface area contributed by atoms with E-state index < -0.39 is 5.63 Å². The maximum Gasteiger partial charge on any atom is 0.336 e. The molecule has 0 bridgehead atoms. The fourth-order valence-electron chi connectivity index (χ4n) is 3.07. The molecule has 2 aromatic carbocycles. The Bertz CT molecular complexity index is 1230. The van der Waals surface area contributed by atoms with Gasteiger partial charge < -0.3 is 15.1 Å². The van der Waals surface area contributed by atoms with Gasteiger partial charge in [0.15, 0.2) is 0 Å². The quantitative estimate of drug-likeness (QED) is 0.499. The number of aromatic nitrogens is 1. The van der Waals surface area contributed by atoms with Gasteiger partial charge in [-0.05, 0) is 60.5 Å². The van der Waals surface area contributed by atoms with Gasteiger partial charge in [-0.25, -0.2) is 4.79 Å². The molecule has 0 spiro atoms. The predicted octanol–water partition coefficient (Wildman–Crippen LogP) is 4.36. The molecule has 0 atom stereocenters. The van der Waals surface area contributed by atoms with Crippen LogP contribution in [-0.4, -0.2) is 10.9 Å². The Labute approximate surface area is 167 Å². The number of hydrogen-bond acceptors (Lipinski definition) is 5. The molecule has 0 saturated heterocycles. The number of pyridine rings is 1. The van der Waals surface area contributed by atoms with Crippen LogP contribution < -0.4 is 16.3 Å². The van der Waals surface area contributed by atoms with Crippen LogP contribution in [0.4, 0.5) is 11.4 Å². The average Bonchev–Trinajstić information content (AvgIpc) is 2.74. The predicted molar refractivity (Wildman–Crippen MR) is 113 cm³/mol. The molecule has 6 heteroatoms. The second-order valence-electron chi connectivity index (χ2n) is 6.67. The molecule has 6 nitrogen and oxygen atoms in total. The number of hydrogen-bond donors (Lipinski definition) is 2. The summed E-state index contributed by atoms with van der Waals surface area (Å²) in [6, 6.07) is 17.8. The summed E-state index contributed by atoms with van der Waals surface area (Å²) >= 11 is 0. The van der Waals surface area contributed by atoms with E-state index >= 15 is 0 Å². The van der Waals surface area contributed by atoms with Crippen molar-refractivity contribution in [1.29, 1.82) is 0 Å². The zero-order chi connectivity index (χ0) is 20.2. The number of amides is 1. The first-order chi connectivity index (χ1) is 14.1. The number of benzene rings is 2. The number of para-hydroxylation sites is 1. The summed E-state index contributed by atoms with van der Waals surface area (Å²) in [6.45, 7) is 2.44. The minimum atomic E-state index is -0.400. The lowest BCUT2D eigenvalue weighted by Gasteiger charge is -2.14. The lowest BCUT2D eigenvalue weighted by atomic mass is 10.1. The molecule has 2 N–H and O–H groups in total. The van der Waals surface area contributed by atoms with E-state index in [1.165, 1.54) is 6.07 Å². The standard InChI is InChI=1S/C23H19N3O3/c1-15-12-21-17(6-7-22(27)29-21)13-20(15)26-23(28)18-4-2-3-5-19(18)25-14-16-8-10-24-11-9-16/h2-13,25H,14H2,1H3,(H,26,28). The first-order valence-corrected chi connectivity index (χ1v) is 9.18. The molecule has 29 heavy (non-hydrogen) atoms. The Morgan fingerprint density at radius 1 is 1.00 bits per heavy atom. The summed E-state index contributed by atoms with van der Waals surface area (Å²) < 4.78 is 5.20. The van der Waals surface area contributed by atoms with Gasteiger partial charge >= 0.3 is 5.63 Å². The van der Waals surface area contributed by atoms with Crippen LogP contribution in [0.3, 0.4) is 0 Å². The summed E-state index contributed by atoms with van der Waals surface area (Å²) in [5, 5.41) is 7.02. The van der Waals surface area contributed by atoms with Crippen molar-refractivity contribution < 1.29 is 9.21 Å². The number of fused-ring (bicyclic) bond motifs is 1. The molecule has 144 valence electrons. The van der Waals surface area contributed by atoms with Crippen molar-refractivity contribution in [1.82, 2.24) is 4.98 Å². The van der Waals surface area contributed by atoms with Crippen molar-refractivity contribution in [3.8, 4) is 0 Å². The van der Waals surface area contributed by atoms with Crippen LogP contribution in [0.2, 0.25) is 0 Å². The van der Waals surface area contributed by atoms with Gasteiger partial charge in [-0.3, -0.25) is 9.78 Å². The van der Waals surface area contributed by atoms with Crippen molar-refractivity contribution in [2.75, 3.05) is 10.6 Å². The van der Waals surface area contributed by atoms with Crippen LogP contribution in [0.15, 0.2) is 82.3 Å². The number of nitrogens with zero attached hydrogens (tertiary/aromatic N) is 1. The van der Waals surface area contributed by atoms with E-state index in [-0.39, 0.29) is 5.91 Å². The van der Waals surface area contributed by atoms with E-state index in [9.17, 15) is 9.59 Å². The normalized spacial score (nSPS) is 10.7. The molecule has 0 aliphatic rings. The minimum Gasteiger partial charge on any atom is -0.423 e. The Hall–Kier alpha value is -3.93. The fourth-order valence-corrected chi connectivity index (χ4v) is 3.07. The number of anilines is 2. The molecule has 0 aliphatic heterocycles. The molecule has 0 unspecified atom stereocenters. The molecular weight excluding hydrogens is 366 g/mol. The van der Waals surface area contributed by atoms with E-state index in [1.54, 1.807) is 36.7 Å². The van der Waals surface area contributed by atoms with Crippen LogP contribution in [-0.2, 0) is 6.54 Å². The van der Waals surface area contributed by atoms with Crippen LogP contribution >= 0.6 is 0 Å². The average molecular weight is 385 g/mol. The highest BCUT2D eigenvalue weighted by molar-refractivity contribution is 6.09. The van der Waals surface area contributed by atoms with Crippen molar-refractivity contribution in [3.05, 3.63) is 100 Å². The number of carbonyl (C=O) groups excluding carboxylic acids is 1. The molecule has 0 fully saturated rings. The fraction of sp³-hybridized carbons (Fsp3) is 0.0870. The Kier molecular flexibility index (Phi) is 5.07. The molecule has 0 aliphatic carbocycles. The van der Waals surface area contributed by atoms with Gasteiger partial charge in [-0.1, -0.05) is 12.1 Å². The molecule has 2 heterocycles. The van der Waals surface area contributed by atoms with Crippen LogP contribution in [0.25, 0.3) is 11.0 Å². The van der Waals surface area contributed by atoms with Gasteiger partial charge in [0, 0.05) is 41.8 Å². The molecule has 2 aromatic heterocycles. The van der Waals surface area contributed by atoms with Crippen molar-refractivity contribution in [2.24, 2.45) is 0 Å². The van der Waals surface area contributed by atoms with Crippen molar-refractivity contribution >= 4 is 28.3 Å². The molecule has 1 amide bonds. The molecule has 0 radical (unpaired) electrons. The van der Waals surface area contributed by atoms with Crippen LogP contribution in [0.1, 0.15) is 21.5 Å². The SMILES string of the molecule is Cc1cc2oc(=O)ccc2cc1NC(=O)c1ccccc1NCc1ccncc1. The monoisotopic (exact) mass is 385 g/mol. The summed E-state index contributed by atoms with van der Waals surface area (Å²) in [5.41, 5.74) is 3.92. The van der Waals surface area contributed by atoms with Gasteiger partial charge in [-0.2, -0.15) is 0 Å². The third kappa shape index (κ3) is 4.16. The zero-order valence-corrected chi connectivity index (χ0v) is 15.8. The molecule has 0 saturated carbocycles. The maximum absolute atomic E-state index is 13.0. The van der Waals surface area contributed by atoms with Gasteiger partial charge in [0.1, 0.15) is 5.58 Å². The van der Waals surface area contributed by atoms with Crippen LogP contribution in [0, 0.1) is 6.92 Å². The lowest BCUT2D eigenvalue weighted by Crippen LogP contribution is -2.15. The molecule has 4 rings (SSSR count). The van der Waals surface area contributed by atoms with Crippen molar-refractivity contribution in [2.45, 2.75) is 13.5 Å². The molecular formula is C23H19N3O3. The summed E-state index contributed by atoms with van der Waals surface area (Å²) in [5.74, 6) is -0.220. The largest absolute Gasteiger partial charge is 0.423 e. The summed E-state index contributed by atoms with van der Waals surface area (Å²) in [7, 11) is 0. The third-order valence-corrected chi connectivity index (χ3v) is 4.62. The van der Waals surface area contributed by atoms with Crippen LogP contribution in [0.5, 0.6) is 0 Å². The summed E-state index contributed by atoms with van der Waals surface area (Å²) in [4.78, 5) is 28.4. The smallest absolute Gasteiger partial charge is 0.336 e. The van der Waals surface area contributed by atoms with E-state index in [2.05, 4.69) is 15.6 Å². The number of nitrogens with one attached hydrogen (secondary N) is 2. The van der Waals surface area contributed by atoms with Crippen molar-refractivity contribution in [3.63, 3.8) is 0 Å². The third-order valence-electron chi connectivity index (χ3n) is 4.62. The minimum absolute atomic E-state index is 0.220. The van der Waals surface area contributed by atoms with E-state index in [0.29, 0.717) is 23.4 Å². The number of rotatable bonds is 5. The van der Waals surface area contributed by atoms with E-state index in [4.69, 9.17) is 4.42 Å². The van der Waals surface area contributed by atoms with Gasteiger partial charge in [0.2, 0.25) is 0 Å². The van der Waals surface area contributed by atoms with Gasteiger partial charge in [-0.15, -0.1) is 0 Å². The zero-order valence-electron chi connectivity index (χ0n) is 15.8. The number of aryl methyl sites for hydroxylation is 1. The lowest BCUT2D eigenvalue weighted by molar-refractivity contribution is 0.102. The Morgan fingerprint density at radius 3 is 2.62 bits per heavy atom. The highest BCUT2D eigenvalue weighted by Gasteiger charge is 2.13. The Balaban J connectivity index is 1.57. The topological polar surface area (TPSA) is 84.2 Å². The molecule has 4 aromatic rings. The number of carbonyl (C=O) groups is 1.